The van der Waals surface area contributed by atoms with E-state index in [2.05, 4.69) is 69.7 Å². The van der Waals surface area contributed by atoms with Crippen molar-refractivity contribution >= 4 is 11.6 Å². The molecule has 5 heteroatoms. The van der Waals surface area contributed by atoms with Crippen LogP contribution in [0.2, 0.25) is 0 Å². The van der Waals surface area contributed by atoms with E-state index in [1.54, 1.807) is 4.90 Å². The second-order valence-corrected chi connectivity index (χ2v) is 8.96. The van der Waals surface area contributed by atoms with Gasteiger partial charge in [0.1, 0.15) is 0 Å². The number of aromatic nitrogens is 2. The molecule has 172 valence electrons. The highest BCUT2D eigenvalue weighted by atomic mass is 16.2. The summed E-state index contributed by atoms with van der Waals surface area (Å²) in [5.41, 5.74) is 7.89. The molecule has 3 aromatic carbocycles. The molecule has 4 aromatic rings. The van der Waals surface area contributed by atoms with Gasteiger partial charge in [0.05, 0.1) is 5.69 Å². The zero-order chi connectivity index (χ0) is 23.3. The highest BCUT2D eigenvalue weighted by Gasteiger charge is 2.17. The maximum Gasteiger partial charge on any atom is 0.253 e. The number of H-pyrrole nitrogens is 1. The first kappa shape index (κ1) is 22.0. The van der Waals surface area contributed by atoms with Crippen molar-refractivity contribution in [1.29, 1.82) is 0 Å². The number of aromatic amines is 1. The molecule has 5 nitrogen and oxygen atoms in total. The summed E-state index contributed by atoms with van der Waals surface area (Å²) in [6.45, 7) is 2.62. The van der Waals surface area contributed by atoms with Crippen LogP contribution in [-0.4, -0.2) is 41.1 Å². The van der Waals surface area contributed by atoms with Crippen LogP contribution in [-0.2, 0) is 19.4 Å². The third kappa shape index (κ3) is 4.88. The lowest BCUT2D eigenvalue weighted by molar-refractivity contribution is 0.0793. The van der Waals surface area contributed by atoms with Crippen molar-refractivity contribution in [2.75, 3.05) is 25.0 Å². The van der Waals surface area contributed by atoms with Gasteiger partial charge in [-0.25, -0.2) is 0 Å². The van der Waals surface area contributed by atoms with Gasteiger partial charge < -0.3 is 9.80 Å². The molecule has 0 bridgehead atoms. The number of amides is 1. The number of carbonyl (C=O) groups excluding carboxylic acids is 1. The Bertz CT molecular complexity index is 1250. The van der Waals surface area contributed by atoms with Crippen LogP contribution in [0.3, 0.4) is 0 Å². The average molecular weight is 451 g/mol. The van der Waals surface area contributed by atoms with E-state index in [1.807, 2.05) is 37.4 Å². The SMILES string of the molecule is CN(CCCc1cc(-c2ccccc2)n[nH]1)C(=O)c1ccc(N2CCc3ccccc3C2)cc1. The summed E-state index contributed by atoms with van der Waals surface area (Å²) in [5.74, 6) is 0.0603. The van der Waals surface area contributed by atoms with Gasteiger partial charge in [0.15, 0.2) is 0 Å². The standard InChI is InChI=1S/C29H30N4O/c1-32(18-7-12-26-20-28(31-30-26)23-9-3-2-4-10-23)29(34)24-13-15-27(16-14-24)33-19-17-22-8-5-6-11-25(22)21-33/h2-6,8-11,13-16,20H,7,12,17-19,21H2,1H3,(H,30,31). The molecule has 0 unspecified atom stereocenters. The number of aryl methyl sites for hydroxylation is 1. The highest BCUT2D eigenvalue weighted by Crippen LogP contribution is 2.25. The number of rotatable bonds is 7. The minimum atomic E-state index is 0.0603. The molecule has 0 fully saturated rings. The lowest BCUT2D eigenvalue weighted by Crippen LogP contribution is -2.30. The van der Waals surface area contributed by atoms with Crippen molar-refractivity contribution in [3.05, 3.63) is 107 Å². The summed E-state index contributed by atoms with van der Waals surface area (Å²) < 4.78 is 0. The molecule has 0 radical (unpaired) electrons. The molecule has 0 spiro atoms. The molecule has 1 amide bonds. The monoisotopic (exact) mass is 450 g/mol. The molecule has 5 rings (SSSR count). The number of hydrogen-bond donors (Lipinski definition) is 1. The fourth-order valence-electron chi connectivity index (χ4n) is 4.61. The van der Waals surface area contributed by atoms with Crippen LogP contribution < -0.4 is 4.90 Å². The maximum atomic E-state index is 12.9. The van der Waals surface area contributed by atoms with Gasteiger partial charge in [0, 0.05) is 49.2 Å². The predicted octanol–water partition coefficient (Wildman–Crippen LogP) is 5.34. The van der Waals surface area contributed by atoms with E-state index in [1.165, 1.54) is 16.8 Å². The van der Waals surface area contributed by atoms with Crippen molar-refractivity contribution in [3.8, 4) is 11.3 Å². The summed E-state index contributed by atoms with van der Waals surface area (Å²) in [6, 6.07) is 28.9. The van der Waals surface area contributed by atoms with Gasteiger partial charge in [-0.15, -0.1) is 0 Å². The number of anilines is 1. The summed E-state index contributed by atoms with van der Waals surface area (Å²) in [5, 5.41) is 7.54. The third-order valence-corrected chi connectivity index (χ3v) is 6.60. The zero-order valence-electron chi connectivity index (χ0n) is 19.6. The third-order valence-electron chi connectivity index (χ3n) is 6.60. The minimum Gasteiger partial charge on any atom is -0.367 e. The Morgan fingerprint density at radius 3 is 2.50 bits per heavy atom. The van der Waals surface area contributed by atoms with Crippen LogP contribution in [0.1, 0.15) is 33.6 Å². The van der Waals surface area contributed by atoms with Crippen molar-refractivity contribution in [3.63, 3.8) is 0 Å². The van der Waals surface area contributed by atoms with Gasteiger partial charge in [0.2, 0.25) is 0 Å². The molecule has 0 saturated heterocycles. The zero-order valence-corrected chi connectivity index (χ0v) is 19.6. The number of benzene rings is 3. The maximum absolute atomic E-state index is 12.9. The second kappa shape index (κ2) is 9.96. The minimum absolute atomic E-state index is 0.0603. The number of fused-ring (bicyclic) bond motifs is 1. The fourth-order valence-corrected chi connectivity index (χ4v) is 4.61. The lowest BCUT2D eigenvalue weighted by atomic mass is 9.99. The summed E-state index contributed by atoms with van der Waals surface area (Å²) >= 11 is 0. The molecule has 1 N–H and O–H groups in total. The number of nitrogens with zero attached hydrogens (tertiary/aromatic N) is 3. The van der Waals surface area contributed by atoms with E-state index >= 15 is 0 Å². The number of carbonyl (C=O) groups is 1. The molecule has 2 heterocycles. The van der Waals surface area contributed by atoms with Crippen molar-refractivity contribution in [1.82, 2.24) is 15.1 Å². The summed E-state index contributed by atoms with van der Waals surface area (Å²) in [4.78, 5) is 17.1. The molecule has 0 aliphatic carbocycles. The van der Waals surface area contributed by atoms with E-state index in [-0.39, 0.29) is 5.91 Å². The first-order valence-electron chi connectivity index (χ1n) is 11.9. The van der Waals surface area contributed by atoms with E-state index in [0.717, 1.165) is 54.9 Å². The molecule has 0 saturated carbocycles. The van der Waals surface area contributed by atoms with E-state index in [9.17, 15) is 4.79 Å². The van der Waals surface area contributed by atoms with Crippen molar-refractivity contribution < 1.29 is 4.79 Å². The Kier molecular flexibility index (Phi) is 6.43. The lowest BCUT2D eigenvalue weighted by Gasteiger charge is -2.31. The Morgan fingerprint density at radius 1 is 0.971 bits per heavy atom. The predicted molar refractivity (Wildman–Crippen MR) is 137 cm³/mol. The Balaban J connectivity index is 1.13. The van der Waals surface area contributed by atoms with Gasteiger partial charge >= 0.3 is 0 Å². The van der Waals surface area contributed by atoms with E-state index < -0.39 is 0 Å². The summed E-state index contributed by atoms with van der Waals surface area (Å²) in [7, 11) is 1.88. The van der Waals surface area contributed by atoms with Crippen molar-refractivity contribution in [2.24, 2.45) is 0 Å². The topological polar surface area (TPSA) is 52.2 Å². The van der Waals surface area contributed by atoms with Gasteiger partial charge in [-0.2, -0.15) is 5.10 Å². The highest BCUT2D eigenvalue weighted by molar-refractivity contribution is 5.94. The summed E-state index contributed by atoms with van der Waals surface area (Å²) in [6.07, 6.45) is 2.79. The molecule has 1 aliphatic heterocycles. The van der Waals surface area contributed by atoms with Crippen molar-refractivity contribution in [2.45, 2.75) is 25.8 Å². The normalized spacial score (nSPS) is 12.9. The molecular formula is C29H30N4O. The van der Waals surface area contributed by atoms with Gasteiger partial charge in [0.25, 0.3) is 5.91 Å². The Morgan fingerprint density at radius 2 is 1.71 bits per heavy atom. The van der Waals surface area contributed by atoms with Gasteiger partial charge in [-0.05, 0) is 60.7 Å². The van der Waals surface area contributed by atoms with Crippen LogP contribution in [0, 0.1) is 0 Å². The number of hydrogen-bond acceptors (Lipinski definition) is 3. The molecule has 0 atom stereocenters. The Labute approximate surface area is 201 Å². The largest absolute Gasteiger partial charge is 0.367 e. The van der Waals surface area contributed by atoms with Gasteiger partial charge in [-0.3, -0.25) is 9.89 Å². The average Bonchev–Trinajstić information content (AvgIpc) is 3.37. The quantitative estimate of drug-likeness (QED) is 0.413. The van der Waals surface area contributed by atoms with Crippen LogP contribution in [0.25, 0.3) is 11.3 Å². The second-order valence-electron chi connectivity index (χ2n) is 8.96. The van der Waals surface area contributed by atoms with Gasteiger partial charge in [-0.1, -0.05) is 54.6 Å². The smallest absolute Gasteiger partial charge is 0.253 e. The first-order chi connectivity index (χ1) is 16.7. The van der Waals surface area contributed by atoms with Crippen LogP contribution in [0.15, 0.2) is 84.9 Å². The number of nitrogens with one attached hydrogen (secondary N) is 1. The van der Waals surface area contributed by atoms with Crippen LogP contribution >= 0.6 is 0 Å². The fraction of sp³-hybridized carbons (Fsp3) is 0.241. The molecule has 34 heavy (non-hydrogen) atoms. The molecule has 1 aliphatic rings. The van der Waals surface area contributed by atoms with E-state index in [0.29, 0.717) is 6.54 Å². The van der Waals surface area contributed by atoms with E-state index in [4.69, 9.17) is 0 Å². The van der Waals surface area contributed by atoms with Crippen LogP contribution in [0.5, 0.6) is 0 Å². The molecule has 1 aromatic heterocycles. The molecular weight excluding hydrogens is 420 g/mol. The van der Waals surface area contributed by atoms with Crippen LogP contribution in [0.4, 0.5) is 5.69 Å². The first-order valence-corrected chi connectivity index (χ1v) is 11.9. The Hall–Kier alpha value is -3.86.